The summed E-state index contributed by atoms with van der Waals surface area (Å²) in [6.45, 7) is 0.0721. The molecule has 0 fully saturated rings. The van der Waals surface area contributed by atoms with Gasteiger partial charge in [-0.25, -0.2) is 13.8 Å². The van der Waals surface area contributed by atoms with Crippen molar-refractivity contribution in [1.29, 1.82) is 0 Å². The highest BCUT2D eigenvalue weighted by Gasteiger charge is 2.13. The van der Waals surface area contributed by atoms with Crippen molar-refractivity contribution >= 4 is 11.6 Å². The molecule has 6 heteroatoms. The van der Waals surface area contributed by atoms with Crippen LogP contribution in [0.3, 0.4) is 0 Å². The Morgan fingerprint density at radius 1 is 1.15 bits per heavy atom. The van der Waals surface area contributed by atoms with E-state index in [0.717, 1.165) is 6.07 Å². The predicted molar refractivity (Wildman–Crippen MR) is 73.6 cm³/mol. The summed E-state index contributed by atoms with van der Waals surface area (Å²) < 4.78 is 26.8. The fourth-order valence-corrected chi connectivity index (χ4v) is 1.75. The van der Waals surface area contributed by atoms with Crippen molar-refractivity contribution in [1.82, 2.24) is 4.98 Å². The quantitative estimate of drug-likeness (QED) is 0.787. The van der Waals surface area contributed by atoms with E-state index in [4.69, 9.17) is 0 Å². The maximum absolute atomic E-state index is 13.5. The summed E-state index contributed by atoms with van der Waals surface area (Å²) >= 11 is 0. The van der Waals surface area contributed by atoms with Crippen molar-refractivity contribution in [2.45, 2.75) is 6.10 Å². The summed E-state index contributed by atoms with van der Waals surface area (Å²) in [5.74, 6) is -1.73. The predicted octanol–water partition coefficient (Wildman–Crippen LogP) is 2.55. The van der Waals surface area contributed by atoms with Crippen LogP contribution in [0, 0.1) is 11.6 Å². The lowest BCUT2D eigenvalue weighted by molar-refractivity contribution is 0.191. The molecule has 0 aliphatic carbocycles. The number of hydrogen-bond acceptors (Lipinski definition) is 4. The second-order valence-corrected chi connectivity index (χ2v) is 4.21. The smallest absolute Gasteiger partial charge is 0.168 e. The lowest BCUT2D eigenvalue weighted by atomic mass is 10.1. The van der Waals surface area contributed by atoms with Gasteiger partial charge < -0.3 is 15.7 Å². The van der Waals surface area contributed by atoms with Crippen molar-refractivity contribution in [3.8, 4) is 0 Å². The molecule has 0 saturated heterocycles. The van der Waals surface area contributed by atoms with E-state index in [1.54, 1.807) is 24.3 Å². The molecule has 2 rings (SSSR count). The van der Waals surface area contributed by atoms with Gasteiger partial charge in [0.2, 0.25) is 0 Å². The van der Waals surface area contributed by atoms with E-state index in [9.17, 15) is 13.9 Å². The number of rotatable bonds is 5. The highest BCUT2D eigenvalue weighted by atomic mass is 19.1. The molecule has 2 aromatic rings. The monoisotopic (exact) mass is 279 g/mol. The molecular weight excluding hydrogens is 264 g/mol. The van der Waals surface area contributed by atoms with Gasteiger partial charge in [-0.3, -0.25) is 0 Å². The molecule has 20 heavy (non-hydrogen) atoms. The Kier molecular flexibility index (Phi) is 4.47. The van der Waals surface area contributed by atoms with Gasteiger partial charge in [0.25, 0.3) is 0 Å². The number of halogens is 2. The minimum Gasteiger partial charge on any atom is -0.387 e. The summed E-state index contributed by atoms with van der Waals surface area (Å²) in [5, 5.41) is 15.1. The molecule has 0 bridgehead atoms. The molecule has 0 radical (unpaired) electrons. The van der Waals surface area contributed by atoms with Gasteiger partial charge in [0.15, 0.2) is 23.3 Å². The van der Waals surface area contributed by atoms with Gasteiger partial charge in [0, 0.05) is 19.7 Å². The number of nitrogens with one attached hydrogen (secondary N) is 2. The van der Waals surface area contributed by atoms with Crippen LogP contribution in [0.5, 0.6) is 0 Å². The minimum atomic E-state index is -0.805. The first-order valence-electron chi connectivity index (χ1n) is 6.12. The van der Waals surface area contributed by atoms with Gasteiger partial charge in [-0.15, -0.1) is 0 Å². The van der Waals surface area contributed by atoms with Gasteiger partial charge in [-0.1, -0.05) is 30.3 Å². The normalized spacial score (nSPS) is 12.0. The molecule has 0 aliphatic heterocycles. The number of anilines is 2. The lowest BCUT2D eigenvalue weighted by Gasteiger charge is -2.14. The SMILES string of the molecule is CNc1nc(NCC(O)c2ccccc2)c(F)cc1F. The molecule has 1 aromatic carbocycles. The Balaban J connectivity index is 2.07. The first-order valence-corrected chi connectivity index (χ1v) is 6.12. The van der Waals surface area contributed by atoms with Crippen LogP contribution in [0.15, 0.2) is 36.4 Å². The summed E-state index contributed by atoms with van der Waals surface area (Å²) in [6.07, 6.45) is -0.805. The Hall–Kier alpha value is -2.21. The summed E-state index contributed by atoms with van der Waals surface area (Å²) in [5.41, 5.74) is 0.705. The standard InChI is InChI=1S/C14H15F2N3O/c1-17-13-10(15)7-11(16)14(19-13)18-8-12(20)9-5-3-2-4-6-9/h2-7,12,20H,8H2,1H3,(H2,17,18,19). The van der Waals surface area contributed by atoms with Crippen LogP contribution in [0.2, 0.25) is 0 Å². The highest BCUT2D eigenvalue weighted by Crippen LogP contribution is 2.20. The third-order valence-electron chi connectivity index (χ3n) is 2.81. The molecule has 106 valence electrons. The van der Waals surface area contributed by atoms with Gasteiger partial charge in [0.1, 0.15) is 0 Å². The maximum Gasteiger partial charge on any atom is 0.168 e. The third-order valence-corrected chi connectivity index (χ3v) is 2.81. The van der Waals surface area contributed by atoms with E-state index in [1.165, 1.54) is 7.05 Å². The first kappa shape index (κ1) is 14.2. The van der Waals surface area contributed by atoms with Crippen molar-refractivity contribution in [3.63, 3.8) is 0 Å². The van der Waals surface area contributed by atoms with Crippen LogP contribution in [0.25, 0.3) is 0 Å². The third kappa shape index (κ3) is 3.21. The van der Waals surface area contributed by atoms with Gasteiger partial charge >= 0.3 is 0 Å². The van der Waals surface area contributed by atoms with Crippen LogP contribution in [-0.4, -0.2) is 23.7 Å². The van der Waals surface area contributed by atoms with Crippen LogP contribution < -0.4 is 10.6 Å². The van der Waals surface area contributed by atoms with Crippen LogP contribution in [0.1, 0.15) is 11.7 Å². The molecule has 1 atom stereocenters. The Bertz CT molecular complexity index is 578. The van der Waals surface area contributed by atoms with Gasteiger partial charge in [0.05, 0.1) is 6.10 Å². The zero-order valence-electron chi connectivity index (χ0n) is 10.9. The van der Waals surface area contributed by atoms with E-state index >= 15 is 0 Å². The average Bonchev–Trinajstić information content (AvgIpc) is 2.47. The minimum absolute atomic E-state index is 0.0527. The zero-order chi connectivity index (χ0) is 14.5. The number of hydrogen-bond donors (Lipinski definition) is 3. The molecule has 0 aliphatic rings. The Morgan fingerprint density at radius 3 is 2.45 bits per heavy atom. The lowest BCUT2D eigenvalue weighted by Crippen LogP contribution is -2.14. The molecule has 1 heterocycles. The molecule has 4 nitrogen and oxygen atoms in total. The second-order valence-electron chi connectivity index (χ2n) is 4.21. The Labute approximate surface area is 115 Å². The Morgan fingerprint density at radius 2 is 1.80 bits per heavy atom. The molecule has 1 unspecified atom stereocenters. The largest absolute Gasteiger partial charge is 0.387 e. The number of aliphatic hydroxyl groups is 1. The fraction of sp³-hybridized carbons (Fsp3) is 0.214. The van der Waals surface area contributed by atoms with Crippen LogP contribution in [0.4, 0.5) is 20.4 Å². The molecule has 1 aromatic heterocycles. The van der Waals surface area contributed by atoms with E-state index < -0.39 is 17.7 Å². The van der Waals surface area contributed by atoms with Gasteiger partial charge in [-0.2, -0.15) is 0 Å². The van der Waals surface area contributed by atoms with Crippen LogP contribution >= 0.6 is 0 Å². The molecular formula is C14H15F2N3O. The van der Waals surface area contributed by atoms with E-state index in [2.05, 4.69) is 15.6 Å². The number of pyridine rings is 1. The van der Waals surface area contributed by atoms with Gasteiger partial charge in [-0.05, 0) is 5.56 Å². The average molecular weight is 279 g/mol. The van der Waals surface area contributed by atoms with Crippen molar-refractivity contribution in [2.24, 2.45) is 0 Å². The maximum atomic E-state index is 13.5. The number of nitrogens with zero attached hydrogens (tertiary/aromatic N) is 1. The highest BCUT2D eigenvalue weighted by molar-refractivity contribution is 5.47. The molecule has 0 spiro atoms. The number of aromatic nitrogens is 1. The summed E-state index contributed by atoms with van der Waals surface area (Å²) in [7, 11) is 1.49. The van der Waals surface area contributed by atoms with E-state index in [1.807, 2.05) is 6.07 Å². The fourth-order valence-electron chi connectivity index (χ4n) is 1.75. The van der Waals surface area contributed by atoms with E-state index in [0.29, 0.717) is 5.56 Å². The van der Waals surface area contributed by atoms with Crippen molar-refractivity contribution in [2.75, 3.05) is 24.2 Å². The number of benzene rings is 1. The van der Waals surface area contributed by atoms with Crippen molar-refractivity contribution in [3.05, 3.63) is 53.6 Å². The number of aliphatic hydroxyl groups excluding tert-OH is 1. The van der Waals surface area contributed by atoms with E-state index in [-0.39, 0.29) is 18.2 Å². The zero-order valence-corrected chi connectivity index (χ0v) is 10.9. The molecule has 3 N–H and O–H groups in total. The second kappa shape index (κ2) is 6.29. The van der Waals surface area contributed by atoms with Crippen molar-refractivity contribution < 1.29 is 13.9 Å². The summed E-state index contributed by atoms with van der Waals surface area (Å²) in [4.78, 5) is 3.77. The summed E-state index contributed by atoms with van der Waals surface area (Å²) in [6, 6.07) is 9.71. The van der Waals surface area contributed by atoms with Crippen LogP contribution in [-0.2, 0) is 0 Å². The molecule has 0 amide bonds. The topological polar surface area (TPSA) is 57.2 Å². The first-order chi connectivity index (χ1) is 9.61. The molecule has 0 saturated carbocycles.